The van der Waals surface area contributed by atoms with Crippen LogP contribution in [-0.4, -0.2) is 26.2 Å². The monoisotopic (exact) mass is 243 g/mol. The number of benzene rings is 1. The number of aliphatic hydroxyl groups is 1. The average Bonchev–Trinajstić information content (AvgIpc) is 2.27. The van der Waals surface area contributed by atoms with E-state index in [0.29, 0.717) is 0 Å². The van der Waals surface area contributed by atoms with Gasteiger partial charge >= 0.3 is 0 Å². The molecule has 0 fully saturated rings. The fraction of sp³-hybridized carbons (Fsp3) is 0.455. The Morgan fingerprint density at radius 1 is 1.31 bits per heavy atom. The van der Waals surface area contributed by atoms with Gasteiger partial charge in [0.1, 0.15) is 0 Å². The third kappa shape index (κ3) is 3.59. The minimum absolute atomic E-state index is 0.0257. The predicted molar refractivity (Wildman–Crippen MR) is 62.7 cm³/mol. The van der Waals surface area contributed by atoms with Gasteiger partial charge in [0.05, 0.1) is 11.0 Å². The maximum atomic E-state index is 11.7. The van der Waals surface area contributed by atoms with Crippen molar-refractivity contribution < 1.29 is 13.5 Å². The molecule has 4 nitrogen and oxygen atoms in total. The SMILES string of the molecule is CCc1ccc(S(=O)(=O)NCC(C)O)cc1. The van der Waals surface area contributed by atoms with E-state index < -0.39 is 16.1 Å². The molecule has 16 heavy (non-hydrogen) atoms. The lowest BCUT2D eigenvalue weighted by molar-refractivity contribution is 0.198. The van der Waals surface area contributed by atoms with Gasteiger partial charge in [-0.05, 0) is 31.0 Å². The molecule has 0 saturated heterocycles. The Morgan fingerprint density at radius 2 is 1.88 bits per heavy atom. The summed E-state index contributed by atoms with van der Waals surface area (Å²) in [6, 6.07) is 6.72. The lowest BCUT2D eigenvalue weighted by Gasteiger charge is -2.08. The Hall–Kier alpha value is -0.910. The van der Waals surface area contributed by atoms with E-state index in [2.05, 4.69) is 4.72 Å². The summed E-state index contributed by atoms with van der Waals surface area (Å²) in [6.07, 6.45) is 0.186. The van der Waals surface area contributed by atoms with Gasteiger partial charge in [0.25, 0.3) is 0 Å². The van der Waals surface area contributed by atoms with Gasteiger partial charge in [0, 0.05) is 6.54 Å². The first-order valence-electron chi connectivity index (χ1n) is 5.22. The van der Waals surface area contributed by atoms with E-state index >= 15 is 0 Å². The number of rotatable bonds is 5. The van der Waals surface area contributed by atoms with Crippen LogP contribution in [0.3, 0.4) is 0 Å². The number of hydrogen-bond donors (Lipinski definition) is 2. The van der Waals surface area contributed by atoms with Gasteiger partial charge in [-0.1, -0.05) is 19.1 Å². The van der Waals surface area contributed by atoms with Crippen LogP contribution in [0.5, 0.6) is 0 Å². The van der Waals surface area contributed by atoms with Crippen LogP contribution in [0.4, 0.5) is 0 Å². The van der Waals surface area contributed by atoms with Crippen molar-refractivity contribution in [1.82, 2.24) is 4.72 Å². The molecule has 0 aliphatic carbocycles. The molecule has 0 heterocycles. The van der Waals surface area contributed by atoms with Gasteiger partial charge in [-0.2, -0.15) is 0 Å². The maximum absolute atomic E-state index is 11.7. The van der Waals surface area contributed by atoms with E-state index in [1.165, 1.54) is 6.92 Å². The molecule has 0 aromatic heterocycles. The van der Waals surface area contributed by atoms with Gasteiger partial charge in [0.15, 0.2) is 0 Å². The first-order valence-corrected chi connectivity index (χ1v) is 6.70. The molecule has 0 saturated carbocycles. The number of hydrogen-bond acceptors (Lipinski definition) is 3. The van der Waals surface area contributed by atoms with E-state index in [1.807, 2.05) is 6.92 Å². The Bertz CT molecular complexity index is 423. The molecule has 0 bridgehead atoms. The van der Waals surface area contributed by atoms with E-state index in [4.69, 9.17) is 5.11 Å². The summed E-state index contributed by atoms with van der Waals surface area (Å²) in [7, 11) is -3.49. The highest BCUT2D eigenvalue weighted by Crippen LogP contribution is 2.10. The van der Waals surface area contributed by atoms with E-state index in [0.717, 1.165) is 12.0 Å². The van der Waals surface area contributed by atoms with Crippen LogP contribution in [0.1, 0.15) is 19.4 Å². The van der Waals surface area contributed by atoms with Gasteiger partial charge < -0.3 is 5.11 Å². The van der Waals surface area contributed by atoms with E-state index in [-0.39, 0.29) is 11.4 Å². The smallest absolute Gasteiger partial charge is 0.240 e. The molecule has 1 aromatic rings. The lowest BCUT2D eigenvalue weighted by atomic mass is 10.2. The van der Waals surface area contributed by atoms with Crippen LogP contribution < -0.4 is 4.72 Å². The molecule has 1 aromatic carbocycles. The third-order valence-corrected chi connectivity index (χ3v) is 3.65. The second-order valence-corrected chi connectivity index (χ2v) is 5.47. The Labute approximate surface area is 96.4 Å². The molecular weight excluding hydrogens is 226 g/mol. The van der Waals surface area contributed by atoms with Crippen molar-refractivity contribution in [3.05, 3.63) is 29.8 Å². The lowest BCUT2D eigenvalue weighted by Crippen LogP contribution is -2.30. The minimum atomic E-state index is -3.49. The summed E-state index contributed by atoms with van der Waals surface area (Å²) in [5.74, 6) is 0. The number of aryl methyl sites for hydroxylation is 1. The van der Waals surface area contributed by atoms with Crippen LogP contribution in [0, 0.1) is 0 Å². The van der Waals surface area contributed by atoms with Crippen LogP contribution in [0.25, 0.3) is 0 Å². The molecule has 0 spiro atoms. The highest BCUT2D eigenvalue weighted by molar-refractivity contribution is 7.89. The molecule has 0 aliphatic rings. The molecule has 1 unspecified atom stereocenters. The summed E-state index contributed by atoms with van der Waals surface area (Å²) in [5.41, 5.74) is 1.09. The zero-order valence-corrected chi connectivity index (χ0v) is 10.3. The molecule has 90 valence electrons. The molecule has 0 aliphatic heterocycles. The summed E-state index contributed by atoms with van der Waals surface area (Å²) in [5, 5.41) is 9.02. The second-order valence-electron chi connectivity index (χ2n) is 3.70. The van der Waals surface area contributed by atoms with Crippen molar-refractivity contribution >= 4 is 10.0 Å². The topological polar surface area (TPSA) is 66.4 Å². The Morgan fingerprint density at radius 3 is 2.31 bits per heavy atom. The van der Waals surface area contributed by atoms with Crippen molar-refractivity contribution in [2.45, 2.75) is 31.3 Å². The second kappa shape index (κ2) is 5.43. The van der Waals surface area contributed by atoms with Crippen molar-refractivity contribution in [2.24, 2.45) is 0 Å². The van der Waals surface area contributed by atoms with Crippen molar-refractivity contribution in [2.75, 3.05) is 6.54 Å². The van der Waals surface area contributed by atoms with Crippen molar-refractivity contribution in [3.63, 3.8) is 0 Å². The van der Waals surface area contributed by atoms with E-state index in [1.54, 1.807) is 24.3 Å². The standard InChI is InChI=1S/C11H17NO3S/c1-3-10-4-6-11(7-5-10)16(14,15)12-8-9(2)13/h4-7,9,12-13H,3,8H2,1-2H3. The molecule has 0 radical (unpaired) electrons. The quantitative estimate of drug-likeness (QED) is 0.807. The molecule has 2 N–H and O–H groups in total. The normalized spacial score (nSPS) is 13.7. The van der Waals surface area contributed by atoms with Crippen LogP contribution in [0.15, 0.2) is 29.2 Å². The molecule has 5 heteroatoms. The molecule has 1 rings (SSSR count). The third-order valence-electron chi connectivity index (χ3n) is 2.21. The van der Waals surface area contributed by atoms with Crippen molar-refractivity contribution in [3.8, 4) is 0 Å². The number of nitrogens with one attached hydrogen (secondary N) is 1. The number of sulfonamides is 1. The fourth-order valence-corrected chi connectivity index (χ4v) is 2.34. The zero-order valence-electron chi connectivity index (χ0n) is 9.47. The summed E-state index contributed by atoms with van der Waals surface area (Å²) < 4.78 is 25.8. The molecule has 0 amide bonds. The highest BCUT2D eigenvalue weighted by atomic mass is 32.2. The largest absolute Gasteiger partial charge is 0.392 e. The van der Waals surface area contributed by atoms with Gasteiger partial charge in [-0.25, -0.2) is 13.1 Å². The maximum Gasteiger partial charge on any atom is 0.240 e. The van der Waals surface area contributed by atoms with Gasteiger partial charge in [-0.15, -0.1) is 0 Å². The zero-order chi connectivity index (χ0) is 12.2. The summed E-state index contributed by atoms with van der Waals surface area (Å²) in [6.45, 7) is 3.57. The highest BCUT2D eigenvalue weighted by Gasteiger charge is 2.13. The molecular formula is C11H17NO3S. The molecule has 1 atom stereocenters. The predicted octanol–water partition coefficient (Wildman–Crippen LogP) is 0.908. The average molecular weight is 243 g/mol. The van der Waals surface area contributed by atoms with Gasteiger partial charge in [0.2, 0.25) is 10.0 Å². The summed E-state index contributed by atoms with van der Waals surface area (Å²) >= 11 is 0. The van der Waals surface area contributed by atoms with Crippen molar-refractivity contribution in [1.29, 1.82) is 0 Å². The fourth-order valence-electron chi connectivity index (χ4n) is 1.22. The number of aliphatic hydroxyl groups excluding tert-OH is 1. The van der Waals surface area contributed by atoms with Gasteiger partial charge in [-0.3, -0.25) is 0 Å². The van der Waals surface area contributed by atoms with Crippen LogP contribution >= 0.6 is 0 Å². The van der Waals surface area contributed by atoms with Crippen LogP contribution in [-0.2, 0) is 16.4 Å². The van der Waals surface area contributed by atoms with Crippen LogP contribution in [0.2, 0.25) is 0 Å². The minimum Gasteiger partial charge on any atom is -0.392 e. The first kappa shape index (κ1) is 13.2. The summed E-state index contributed by atoms with van der Waals surface area (Å²) in [4.78, 5) is 0.227. The first-order chi connectivity index (χ1) is 7.45. The van der Waals surface area contributed by atoms with E-state index in [9.17, 15) is 8.42 Å². The Balaban J connectivity index is 2.82. The Kier molecular flexibility index (Phi) is 4.46.